The molecule has 1 N–H and O–H groups in total. The van der Waals surface area contributed by atoms with Gasteiger partial charge in [-0.25, -0.2) is 4.98 Å². The molecule has 0 bridgehead atoms. The molecule has 0 saturated heterocycles. The second-order valence-corrected chi connectivity index (χ2v) is 4.74. The lowest BCUT2D eigenvalue weighted by molar-refractivity contribution is -0.136. The predicted molar refractivity (Wildman–Crippen MR) is 79.5 cm³/mol. The van der Waals surface area contributed by atoms with E-state index in [9.17, 15) is 18.0 Å². The van der Waals surface area contributed by atoms with E-state index in [4.69, 9.17) is 4.74 Å². The Labute approximate surface area is 131 Å². The molecule has 1 amide bonds. The zero-order valence-corrected chi connectivity index (χ0v) is 12.6. The first-order chi connectivity index (χ1) is 10.8. The summed E-state index contributed by atoms with van der Waals surface area (Å²) in [6.07, 6.45) is -4.56. The van der Waals surface area contributed by atoms with Crippen LogP contribution in [0, 0.1) is 6.92 Å². The average molecular weight is 324 g/mol. The van der Waals surface area contributed by atoms with E-state index in [0.29, 0.717) is 5.69 Å². The molecule has 0 atom stereocenters. The van der Waals surface area contributed by atoms with Crippen molar-refractivity contribution < 1.29 is 22.7 Å². The van der Waals surface area contributed by atoms with E-state index in [1.165, 1.54) is 24.3 Å². The lowest BCUT2D eigenvalue weighted by atomic mass is 10.1. The number of hydrogen-bond acceptors (Lipinski definition) is 3. The van der Waals surface area contributed by atoms with Crippen molar-refractivity contribution in [1.29, 1.82) is 0 Å². The summed E-state index contributed by atoms with van der Waals surface area (Å²) < 4.78 is 44.2. The number of benzene rings is 1. The molecule has 7 heteroatoms. The number of ether oxygens (including phenoxy) is 1. The molecule has 2 aromatic rings. The lowest BCUT2D eigenvalue weighted by Crippen LogP contribution is -2.18. The van der Waals surface area contributed by atoms with Crippen LogP contribution in [0.2, 0.25) is 0 Å². The van der Waals surface area contributed by atoms with Gasteiger partial charge in [0.15, 0.2) is 0 Å². The van der Waals surface area contributed by atoms with Crippen molar-refractivity contribution in [2.75, 3.05) is 11.9 Å². The van der Waals surface area contributed by atoms with Crippen LogP contribution in [0.5, 0.6) is 5.88 Å². The van der Waals surface area contributed by atoms with Crippen molar-refractivity contribution in [3.05, 3.63) is 53.2 Å². The zero-order chi connectivity index (χ0) is 17.0. The van der Waals surface area contributed by atoms with Crippen molar-refractivity contribution in [3.63, 3.8) is 0 Å². The smallest absolute Gasteiger partial charge is 0.418 e. The maximum absolute atomic E-state index is 13.0. The fraction of sp³-hybridized carbons (Fsp3) is 0.250. The van der Waals surface area contributed by atoms with Crippen LogP contribution in [0.15, 0.2) is 36.4 Å². The van der Waals surface area contributed by atoms with Crippen LogP contribution in [0.3, 0.4) is 0 Å². The molecule has 0 unspecified atom stereocenters. The first kappa shape index (κ1) is 16.8. The van der Waals surface area contributed by atoms with E-state index in [0.717, 1.165) is 6.07 Å². The Kier molecular flexibility index (Phi) is 4.88. The van der Waals surface area contributed by atoms with Gasteiger partial charge in [0.25, 0.3) is 5.91 Å². The van der Waals surface area contributed by atoms with Gasteiger partial charge in [0.05, 0.1) is 17.9 Å². The number of nitrogens with zero attached hydrogens (tertiary/aromatic N) is 1. The standard InChI is InChI=1S/C16H15F3N2O2/c1-3-23-15-11(9-8-10(2)20-15)14(22)21-13-7-5-4-6-12(13)16(17,18)19/h4-9H,3H2,1-2H3,(H,21,22). The van der Waals surface area contributed by atoms with Gasteiger partial charge in [-0.2, -0.15) is 13.2 Å². The minimum Gasteiger partial charge on any atom is -0.477 e. The molecule has 0 spiro atoms. The number of hydrogen-bond donors (Lipinski definition) is 1. The van der Waals surface area contributed by atoms with Crippen LogP contribution >= 0.6 is 0 Å². The molecule has 0 aliphatic heterocycles. The third-order valence-corrected chi connectivity index (χ3v) is 3.01. The summed E-state index contributed by atoms with van der Waals surface area (Å²) in [7, 11) is 0. The fourth-order valence-corrected chi connectivity index (χ4v) is 1.98. The van der Waals surface area contributed by atoms with E-state index in [1.54, 1.807) is 19.9 Å². The van der Waals surface area contributed by atoms with Crippen LogP contribution in [0.25, 0.3) is 0 Å². The number of pyridine rings is 1. The number of aromatic nitrogens is 1. The van der Waals surface area contributed by atoms with Crippen molar-refractivity contribution in [2.24, 2.45) is 0 Å². The Morgan fingerprint density at radius 3 is 2.57 bits per heavy atom. The Bertz CT molecular complexity index is 715. The topological polar surface area (TPSA) is 51.2 Å². The number of nitrogens with one attached hydrogen (secondary N) is 1. The average Bonchev–Trinajstić information content (AvgIpc) is 2.47. The van der Waals surface area contributed by atoms with Crippen LogP contribution in [0.1, 0.15) is 28.5 Å². The second kappa shape index (κ2) is 6.68. The van der Waals surface area contributed by atoms with Crippen molar-refractivity contribution in [1.82, 2.24) is 4.98 Å². The molecule has 1 heterocycles. The van der Waals surface area contributed by atoms with E-state index in [2.05, 4.69) is 10.3 Å². The minimum atomic E-state index is -4.56. The molecule has 2 rings (SSSR count). The van der Waals surface area contributed by atoms with Gasteiger partial charge in [0, 0.05) is 5.69 Å². The highest BCUT2D eigenvalue weighted by atomic mass is 19.4. The van der Waals surface area contributed by atoms with Gasteiger partial charge in [0.2, 0.25) is 5.88 Å². The fourth-order valence-electron chi connectivity index (χ4n) is 1.98. The van der Waals surface area contributed by atoms with Crippen LogP contribution in [-0.2, 0) is 6.18 Å². The number of aryl methyl sites for hydroxylation is 1. The van der Waals surface area contributed by atoms with Gasteiger partial charge in [-0.3, -0.25) is 4.79 Å². The quantitative estimate of drug-likeness (QED) is 0.923. The van der Waals surface area contributed by atoms with E-state index < -0.39 is 17.6 Å². The Morgan fingerprint density at radius 2 is 1.91 bits per heavy atom. The Morgan fingerprint density at radius 1 is 1.22 bits per heavy atom. The number of carbonyl (C=O) groups excluding carboxylic acids is 1. The summed E-state index contributed by atoms with van der Waals surface area (Å²) in [4.78, 5) is 16.4. The summed E-state index contributed by atoms with van der Waals surface area (Å²) in [5, 5.41) is 2.27. The third kappa shape index (κ3) is 4.00. The SMILES string of the molecule is CCOc1nc(C)ccc1C(=O)Nc1ccccc1C(F)(F)F. The van der Waals surface area contributed by atoms with Gasteiger partial charge in [-0.15, -0.1) is 0 Å². The molecule has 23 heavy (non-hydrogen) atoms. The Balaban J connectivity index is 2.34. The van der Waals surface area contributed by atoms with Gasteiger partial charge >= 0.3 is 6.18 Å². The summed E-state index contributed by atoms with van der Waals surface area (Å²) in [6, 6.07) is 7.85. The van der Waals surface area contributed by atoms with Crippen LogP contribution < -0.4 is 10.1 Å². The highest BCUT2D eigenvalue weighted by Crippen LogP contribution is 2.34. The molecule has 0 fully saturated rings. The molecule has 0 aliphatic carbocycles. The molecule has 1 aromatic heterocycles. The molecule has 4 nitrogen and oxygen atoms in total. The van der Waals surface area contributed by atoms with E-state index in [1.807, 2.05) is 0 Å². The first-order valence-electron chi connectivity index (χ1n) is 6.91. The molecule has 0 saturated carbocycles. The minimum absolute atomic E-state index is 0.0782. The summed E-state index contributed by atoms with van der Waals surface area (Å²) in [5.74, 6) is -0.618. The summed E-state index contributed by atoms with van der Waals surface area (Å²) in [5.41, 5.74) is -0.505. The maximum Gasteiger partial charge on any atom is 0.418 e. The largest absolute Gasteiger partial charge is 0.477 e. The maximum atomic E-state index is 13.0. The molecular formula is C16H15F3N2O2. The predicted octanol–water partition coefficient (Wildman–Crippen LogP) is 4.06. The monoisotopic (exact) mass is 324 g/mol. The highest BCUT2D eigenvalue weighted by Gasteiger charge is 2.33. The number of rotatable bonds is 4. The molecule has 0 radical (unpaired) electrons. The lowest BCUT2D eigenvalue weighted by Gasteiger charge is -2.14. The second-order valence-electron chi connectivity index (χ2n) is 4.74. The van der Waals surface area contributed by atoms with Gasteiger partial charge < -0.3 is 10.1 Å². The molecule has 0 aliphatic rings. The molecule has 1 aromatic carbocycles. The number of carbonyl (C=O) groups is 1. The number of amides is 1. The summed E-state index contributed by atoms with van der Waals surface area (Å²) in [6.45, 7) is 3.74. The normalized spacial score (nSPS) is 11.2. The zero-order valence-electron chi connectivity index (χ0n) is 12.6. The number of para-hydroxylation sites is 1. The van der Waals surface area contributed by atoms with Crippen LogP contribution in [0.4, 0.5) is 18.9 Å². The number of alkyl halides is 3. The van der Waals surface area contributed by atoms with Gasteiger partial charge in [-0.05, 0) is 38.1 Å². The third-order valence-electron chi connectivity index (χ3n) is 3.01. The van der Waals surface area contributed by atoms with Gasteiger partial charge in [-0.1, -0.05) is 12.1 Å². The first-order valence-corrected chi connectivity index (χ1v) is 6.91. The van der Waals surface area contributed by atoms with Gasteiger partial charge in [0.1, 0.15) is 5.56 Å². The van der Waals surface area contributed by atoms with Crippen LogP contribution in [-0.4, -0.2) is 17.5 Å². The molecular weight excluding hydrogens is 309 g/mol. The van der Waals surface area contributed by atoms with E-state index >= 15 is 0 Å². The number of anilines is 1. The van der Waals surface area contributed by atoms with E-state index in [-0.39, 0.29) is 23.7 Å². The number of halogens is 3. The molecule has 122 valence electrons. The van der Waals surface area contributed by atoms with Crippen molar-refractivity contribution >= 4 is 11.6 Å². The summed E-state index contributed by atoms with van der Waals surface area (Å²) >= 11 is 0. The Hall–Kier alpha value is -2.57. The van der Waals surface area contributed by atoms with Crippen molar-refractivity contribution in [2.45, 2.75) is 20.0 Å². The van der Waals surface area contributed by atoms with Crippen molar-refractivity contribution in [3.8, 4) is 5.88 Å². The highest BCUT2D eigenvalue weighted by molar-refractivity contribution is 6.06.